The number of Topliss-reactive ketones (excluding diaryl/α,β-unsaturated/α-hetero) is 1. The third-order valence-corrected chi connectivity index (χ3v) is 5.08. The number of hydrogen-bond acceptors (Lipinski definition) is 6. The second-order valence-electron chi connectivity index (χ2n) is 7.04. The van der Waals surface area contributed by atoms with E-state index in [0.29, 0.717) is 5.56 Å². The fourth-order valence-electron chi connectivity index (χ4n) is 3.46. The molecular formula is C22H22NO6+. The molecule has 3 heterocycles. The quantitative estimate of drug-likeness (QED) is 0.428. The first-order valence-electron chi connectivity index (χ1n) is 9.36. The van der Waals surface area contributed by atoms with Gasteiger partial charge in [0.1, 0.15) is 18.0 Å². The minimum absolute atomic E-state index is 0.0863. The van der Waals surface area contributed by atoms with Crippen LogP contribution >= 0.6 is 0 Å². The second-order valence-corrected chi connectivity index (χ2v) is 7.04. The van der Waals surface area contributed by atoms with Crippen molar-refractivity contribution in [1.82, 2.24) is 0 Å². The lowest BCUT2D eigenvalue weighted by Gasteiger charge is -2.10. The number of aliphatic hydroxyl groups excluding tert-OH is 3. The highest BCUT2D eigenvalue weighted by molar-refractivity contribution is 5.97. The predicted octanol–water partition coefficient (Wildman–Crippen LogP) is 1.27. The minimum Gasteiger partial charge on any atom is -0.464 e. The number of furan rings is 1. The third-order valence-electron chi connectivity index (χ3n) is 5.08. The van der Waals surface area contributed by atoms with Crippen molar-refractivity contribution in [3.63, 3.8) is 0 Å². The normalized spacial score (nSPS) is 24.0. The first kappa shape index (κ1) is 19.5. The van der Waals surface area contributed by atoms with Crippen LogP contribution in [0.15, 0.2) is 71.6 Å². The van der Waals surface area contributed by atoms with Crippen molar-refractivity contribution >= 4 is 5.78 Å². The topological polar surface area (TPSA) is 104 Å². The summed E-state index contributed by atoms with van der Waals surface area (Å²) in [6.45, 7) is -0.401. The number of pyridine rings is 1. The molecule has 7 heteroatoms. The number of rotatable bonds is 6. The number of carbonyl (C=O) groups is 1. The standard InChI is InChI=1S/C22H22NO6/c24-13-19-20(26)21(27)22(29-19)23-9-1-3-16(12-23)17(25)11-14-5-7-15(8-6-14)18-4-2-10-28-18/h1-10,12,19-22,24,26-27H,11,13H2/q+1/t19-,20-,21-,22-/m1/s1. The van der Waals surface area contributed by atoms with Gasteiger partial charge < -0.3 is 24.5 Å². The van der Waals surface area contributed by atoms with E-state index in [9.17, 15) is 20.1 Å². The summed E-state index contributed by atoms with van der Waals surface area (Å²) in [5, 5.41) is 29.4. The summed E-state index contributed by atoms with van der Waals surface area (Å²) in [5.74, 6) is 0.683. The van der Waals surface area contributed by atoms with E-state index < -0.39 is 31.1 Å². The Morgan fingerprint density at radius 2 is 1.83 bits per heavy atom. The van der Waals surface area contributed by atoms with Crippen LogP contribution in [0.1, 0.15) is 22.1 Å². The molecule has 1 saturated heterocycles. The molecule has 7 nitrogen and oxygen atoms in total. The van der Waals surface area contributed by atoms with E-state index in [1.165, 1.54) is 4.57 Å². The van der Waals surface area contributed by atoms with E-state index in [4.69, 9.17) is 9.15 Å². The van der Waals surface area contributed by atoms with Gasteiger partial charge in [0.15, 0.2) is 24.3 Å². The molecule has 1 aliphatic rings. The number of hydrogen-bond donors (Lipinski definition) is 3. The molecule has 1 aliphatic heterocycles. The Bertz CT molecular complexity index is 969. The summed E-state index contributed by atoms with van der Waals surface area (Å²) in [6.07, 6.45) is 0.941. The average Bonchev–Trinajstić information content (AvgIpc) is 3.38. The van der Waals surface area contributed by atoms with Crippen LogP contribution in [0.3, 0.4) is 0 Å². The Kier molecular flexibility index (Phi) is 5.55. The number of aliphatic hydroxyl groups is 3. The van der Waals surface area contributed by atoms with Crippen molar-refractivity contribution in [2.24, 2.45) is 0 Å². The molecule has 0 bridgehead atoms. The van der Waals surface area contributed by atoms with Gasteiger partial charge in [0.05, 0.1) is 18.4 Å². The molecule has 1 fully saturated rings. The molecule has 0 amide bonds. The highest BCUT2D eigenvalue weighted by Crippen LogP contribution is 2.25. The van der Waals surface area contributed by atoms with Gasteiger partial charge >= 0.3 is 0 Å². The van der Waals surface area contributed by atoms with Crippen LogP contribution in [-0.2, 0) is 11.2 Å². The van der Waals surface area contributed by atoms with Gasteiger partial charge in [-0.05, 0) is 23.8 Å². The van der Waals surface area contributed by atoms with Crippen LogP contribution < -0.4 is 4.57 Å². The highest BCUT2D eigenvalue weighted by atomic mass is 16.6. The van der Waals surface area contributed by atoms with E-state index in [0.717, 1.165) is 16.9 Å². The van der Waals surface area contributed by atoms with Gasteiger partial charge in [-0.3, -0.25) is 4.79 Å². The third kappa shape index (κ3) is 3.99. The number of ether oxygens (including phenoxy) is 1. The first-order valence-corrected chi connectivity index (χ1v) is 9.36. The SMILES string of the molecule is O=C(Cc1ccc(-c2ccco2)cc1)c1ccc[n+]([C@@H]2O[C@H](CO)[C@@H](O)[C@H]2O)c1. The lowest BCUT2D eigenvalue weighted by Crippen LogP contribution is -2.46. The molecular weight excluding hydrogens is 374 g/mol. The molecule has 3 N–H and O–H groups in total. The Morgan fingerprint density at radius 1 is 1.03 bits per heavy atom. The number of carbonyl (C=O) groups excluding carboxylic acids is 1. The van der Waals surface area contributed by atoms with E-state index in [-0.39, 0.29) is 12.2 Å². The zero-order valence-electron chi connectivity index (χ0n) is 15.6. The second kappa shape index (κ2) is 8.26. The average molecular weight is 396 g/mol. The first-order chi connectivity index (χ1) is 14.1. The number of benzene rings is 1. The maximum absolute atomic E-state index is 12.7. The number of aromatic nitrogens is 1. The largest absolute Gasteiger partial charge is 0.464 e. The van der Waals surface area contributed by atoms with Gasteiger partial charge in [0.25, 0.3) is 6.23 Å². The molecule has 4 rings (SSSR count). The summed E-state index contributed by atoms with van der Waals surface area (Å²) < 4.78 is 12.4. The van der Waals surface area contributed by atoms with Gasteiger partial charge in [0.2, 0.25) is 0 Å². The maximum atomic E-state index is 12.7. The maximum Gasteiger partial charge on any atom is 0.292 e. The van der Waals surface area contributed by atoms with Crippen molar-refractivity contribution in [2.45, 2.75) is 31.0 Å². The zero-order chi connectivity index (χ0) is 20.4. The van der Waals surface area contributed by atoms with E-state index in [1.54, 1.807) is 30.8 Å². The van der Waals surface area contributed by atoms with E-state index >= 15 is 0 Å². The predicted molar refractivity (Wildman–Crippen MR) is 102 cm³/mol. The van der Waals surface area contributed by atoms with Crippen LogP contribution in [0.2, 0.25) is 0 Å². The highest BCUT2D eigenvalue weighted by Gasteiger charge is 2.47. The molecule has 2 aromatic heterocycles. The molecule has 0 saturated carbocycles. The van der Waals surface area contributed by atoms with Crippen molar-refractivity contribution in [1.29, 1.82) is 0 Å². The number of nitrogens with zero attached hydrogens (tertiary/aromatic N) is 1. The Hall–Kier alpha value is -2.84. The molecule has 0 unspecified atom stereocenters. The molecule has 29 heavy (non-hydrogen) atoms. The van der Waals surface area contributed by atoms with Crippen LogP contribution in [0.4, 0.5) is 0 Å². The van der Waals surface area contributed by atoms with Crippen LogP contribution in [-0.4, -0.2) is 46.0 Å². The monoisotopic (exact) mass is 396 g/mol. The van der Waals surface area contributed by atoms with Crippen LogP contribution in [0.5, 0.6) is 0 Å². The van der Waals surface area contributed by atoms with Gasteiger partial charge in [-0.1, -0.05) is 24.3 Å². The molecule has 0 radical (unpaired) electrons. The summed E-state index contributed by atoms with van der Waals surface area (Å²) >= 11 is 0. The lowest BCUT2D eigenvalue weighted by molar-refractivity contribution is -0.765. The zero-order valence-corrected chi connectivity index (χ0v) is 15.6. The van der Waals surface area contributed by atoms with Crippen molar-refractivity contribution < 1.29 is 33.8 Å². The molecule has 1 aromatic carbocycles. The number of ketones is 1. The van der Waals surface area contributed by atoms with Crippen molar-refractivity contribution in [3.05, 3.63) is 78.3 Å². The molecule has 4 atom stereocenters. The molecule has 150 valence electrons. The molecule has 0 spiro atoms. The lowest BCUT2D eigenvalue weighted by atomic mass is 10.0. The van der Waals surface area contributed by atoms with Crippen molar-refractivity contribution in [2.75, 3.05) is 6.61 Å². The minimum atomic E-state index is -1.20. The summed E-state index contributed by atoms with van der Waals surface area (Å²) in [6, 6.07) is 14.7. The summed E-state index contributed by atoms with van der Waals surface area (Å²) in [5.41, 5.74) is 2.27. The molecule has 0 aliphatic carbocycles. The Balaban J connectivity index is 1.48. The van der Waals surface area contributed by atoms with Gasteiger partial charge in [-0.2, -0.15) is 4.57 Å². The summed E-state index contributed by atoms with van der Waals surface area (Å²) in [7, 11) is 0. The fraction of sp³-hybridized carbons (Fsp3) is 0.273. The van der Waals surface area contributed by atoms with Crippen LogP contribution in [0, 0.1) is 0 Å². The van der Waals surface area contributed by atoms with Gasteiger partial charge in [-0.15, -0.1) is 0 Å². The van der Waals surface area contributed by atoms with Crippen molar-refractivity contribution in [3.8, 4) is 11.3 Å². The molecule has 3 aromatic rings. The van der Waals surface area contributed by atoms with Crippen LogP contribution in [0.25, 0.3) is 11.3 Å². The van der Waals surface area contributed by atoms with Gasteiger partial charge in [0, 0.05) is 18.1 Å². The Labute approximate surface area is 167 Å². The van der Waals surface area contributed by atoms with E-state index in [1.807, 2.05) is 36.4 Å². The fourth-order valence-corrected chi connectivity index (χ4v) is 3.46. The summed E-state index contributed by atoms with van der Waals surface area (Å²) in [4.78, 5) is 12.7. The Morgan fingerprint density at radius 3 is 2.48 bits per heavy atom. The van der Waals surface area contributed by atoms with Gasteiger partial charge in [-0.25, -0.2) is 0 Å². The smallest absolute Gasteiger partial charge is 0.292 e. The van der Waals surface area contributed by atoms with E-state index in [2.05, 4.69) is 0 Å².